The van der Waals surface area contributed by atoms with Crippen molar-refractivity contribution >= 4 is 34.4 Å². The van der Waals surface area contributed by atoms with Crippen LogP contribution in [0.15, 0.2) is 66.7 Å². The average Bonchev–Trinajstić information content (AvgIpc) is 2.90. The Bertz CT molecular complexity index is 1410. The monoisotopic (exact) mass is 541 g/mol. The lowest BCUT2D eigenvalue weighted by molar-refractivity contribution is -0.147. The largest absolute Gasteiger partial charge is 0.444 e. The van der Waals surface area contributed by atoms with Crippen LogP contribution in [0, 0.1) is 12.3 Å². The average molecular weight is 542 g/mol. The Labute approximate surface area is 237 Å². The number of rotatable bonds is 8. The van der Waals surface area contributed by atoms with Crippen LogP contribution in [-0.2, 0) is 14.3 Å². The highest BCUT2D eigenvalue weighted by Gasteiger charge is 2.42. The maximum atomic E-state index is 14.1. The third kappa shape index (κ3) is 7.41. The minimum atomic E-state index is -1.01. The zero-order valence-corrected chi connectivity index (χ0v) is 24.4. The molecule has 0 radical (unpaired) electrons. The first kappa shape index (κ1) is 30.2. The summed E-state index contributed by atoms with van der Waals surface area (Å²) in [6, 6.07) is 18.6. The third-order valence-electron chi connectivity index (χ3n) is 6.78. The zero-order chi connectivity index (χ0) is 29.7. The van der Waals surface area contributed by atoms with Gasteiger partial charge in [-0.25, -0.2) is 4.79 Å². The van der Waals surface area contributed by atoms with Gasteiger partial charge in [-0.1, -0.05) is 55.3 Å². The van der Waals surface area contributed by atoms with Crippen molar-refractivity contribution in [3.63, 3.8) is 0 Å². The SMILES string of the molecule is C#Cc1ccc(C(C(=O)Nc2ccc3ccccc3c2)N(C(=O)C(C)NC(=O)OC(C)(C)C)C(C)(C)CC)cc1. The highest BCUT2D eigenvalue weighted by atomic mass is 16.6. The number of terminal acetylenes is 1. The van der Waals surface area contributed by atoms with Gasteiger partial charge in [0.05, 0.1) is 0 Å². The lowest BCUT2D eigenvalue weighted by atomic mass is 9.91. The summed E-state index contributed by atoms with van der Waals surface area (Å²) in [4.78, 5) is 42.2. The highest BCUT2D eigenvalue weighted by Crippen LogP contribution is 2.33. The van der Waals surface area contributed by atoms with Crippen LogP contribution in [0.5, 0.6) is 0 Å². The molecule has 40 heavy (non-hydrogen) atoms. The second-order valence-corrected chi connectivity index (χ2v) is 11.5. The molecule has 3 aromatic carbocycles. The van der Waals surface area contributed by atoms with E-state index in [9.17, 15) is 14.4 Å². The van der Waals surface area contributed by atoms with E-state index in [-0.39, 0.29) is 5.91 Å². The maximum absolute atomic E-state index is 14.1. The van der Waals surface area contributed by atoms with Gasteiger partial charge in [0.2, 0.25) is 5.91 Å². The van der Waals surface area contributed by atoms with Crippen molar-refractivity contribution in [2.45, 2.75) is 78.1 Å². The van der Waals surface area contributed by atoms with E-state index in [0.29, 0.717) is 23.2 Å². The molecular formula is C33H39N3O4. The lowest BCUT2D eigenvalue weighted by Crippen LogP contribution is -2.58. The van der Waals surface area contributed by atoms with Crippen molar-refractivity contribution in [2.24, 2.45) is 0 Å². The Hall–Kier alpha value is -4.31. The van der Waals surface area contributed by atoms with Crippen LogP contribution >= 0.6 is 0 Å². The number of benzene rings is 3. The molecule has 3 amide bonds. The van der Waals surface area contributed by atoms with E-state index in [0.717, 1.165) is 10.8 Å². The zero-order valence-electron chi connectivity index (χ0n) is 24.4. The molecule has 2 atom stereocenters. The topological polar surface area (TPSA) is 87.7 Å². The van der Waals surface area contributed by atoms with E-state index in [1.165, 1.54) is 0 Å². The van der Waals surface area contributed by atoms with Gasteiger partial charge in [0.1, 0.15) is 17.7 Å². The number of nitrogens with zero attached hydrogens (tertiary/aromatic N) is 1. The number of ether oxygens (including phenoxy) is 1. The summed E-state index contributed by atoms with van der Waals surface area (Å²) in [5, 5.41) is 7.68. The van der Waals surface area contributed by atoms with Gasteiger partial charge in [0.15, 0.2) is 0 Å². The number of carbonyl (C=O) groups excluding carboxylic acids is 3. The quantitative estimate of drug-likeness (QED) is 0.322. The Kier molecular flexibility index (Phi) is 9.26. The molecule has 0 saturated carbocycles. The van der Waals surface area contributed by atoms with Crippen molar-refractivity contribution in [3.05, 3.63) is 77.9 Å². The van der Waals surface area contributed by atoms with Crippen LogP contribution in [-0.4, -0.2) is 40.0 Å². The number of amides is 3. The van der Waals surface area contributed by atoms with Crippen LogP contribution in [0.4, 0.5) is 10.5 Å². The van der Waals surface area contributed by atoms with Crippen LogP contribution in [0.2, 0.25) is 0 Å². The van der Waals surface area contributed by atoms with Gasteiger partial charge in [-0.05, 0) is 88.6 Å². The summed E-state index contributed by atoms with van der Waals surface area (Å²) in [6.45, 7) is 12.6. The molecule has 7 nitrogen and oxygen atoms in total. The maximum Gasteiger partial charge on any atom is 0.408 e. The van der Waals surface area contributed by atoms with Crippen molar-refractivity contribution in [3.8, 4) is 12.3 Å². The first-order valence-corrected chi connectivity index (χ1v) is 13.4. The summed E-state index contributed by atoms with van der Waals surface area (Å²) in [5.41, 5.74) is 0.380. The first-order valence-electron chi connectivity index (χ1n) is 13.4. The van der Waals surface area contributed by atoms with Crippen LogP contribution < -0.4 is 10.6 Å². The molecular weight excluding hydrogens is 502 g/mol. The Morgan fingerprint density at radius 2 is 1.57 bits per heavy atom. The van der Waals surface area contributed by atoms with Gasteiger partial charge in [-0.2, -0.15) is 0 Å². The van der Waals surface area contributed by atoms with E-state index >= 15 is 0 Å². The predicted octanol–water partition coefficient (Wildman–Crippen LogP) is 6.43. The van der Waals surface area contributed by atoms with E-state index in [1.54, 1.807) is 56.9 Å². The summed E-state index contributed by atoms with van der Waals surface area (Å²) in [5.74, 6) is 1.78. The van der Waals surface area contributed by atoms with Gasteiger partial charge in [0, 0.05) is 16.8 Å². The van der Waals surface area contributed by atoms with E-state index in [4.69, 9.17) is 11.2 Å². The molecule has 3 aromatic rings. The van der Waals surface area contributed by atoms with Crippen LogP contribution in [0.25, 0.3) is 10.8 Å². The number of nitrogens with one attached hydrogen (secondary N) is 2. The molecule has 0 fully saturated rings. The fourth-order valence-electron chi connectivity index (χ4n) is 4.36. The van der Waals surface area contributed by atoms with Gasteiger partial charge < -0.3 is 20.3 Å². The second kappa shape index (κ2) is 12.3. The number of alkyl carbamates (subject to hydrolysis) is 1. The fourth-order valence-corrected chi connectivity index (χ4v) is 4.36. The van der Waals surface area contributed by atoms with Gasteiger partial charge >= 0.3 is 6.09 Å². The molecule has 2 unspecified atom stereocenters. The Morgan fingerprint density at radius 1 is 0.950 bits per heavy atom. The van der Waals surface area contributed by atoms with Crippen LogP contribution in [0.3, 0.4) is 0 Å². The minimum Gasteiger partial charge on any atom is -0.444 e. The smallest absolute Gasteiger partial charge is 0.408 e. The normalized spacial score (nSPS) is 13.1. The van der Waals surface area contributed by atoms with Gasteiger partial charge in [0.25, 0.3) is 5.91 Å². The van der Waals surface area contributed by atoms with E-state index in [1.807, 2.05) is 63.2 Å². The standard InChI is InChI=1S/C33H39N3O4/c1-9-23-15-17-25(18-16-23)28(29(37)35-27-20-19-24-13-11-12-14-26(24)21-27)36(33(7,8)10-2)30(38)22(3)34-31(39)40-32(4,5)6/h1,11-22,28H,10H2,2-8H3,(H,34,39)(H,35,37). The number of hydrogen-bond donors (Lipinski definition) is 2. The van der Waals surface area contributed by atoms with E-state index in [2.05, 4.69) is 16.6 Å². The summed E-state index contributed by atoms with van der Waals surface area (Å²) >= 11 is 0. The minimum absolute atomic E-state index is 0.386. The van der Waals surface area contributed by atoms with Crippen molar-refractivity contribution in [1.82, 2.24) is 10.2 Å². The fraction of sp³-hybridized carbons (Fsp3) is 0.364. The van der Waals surface area contributed by atoms with E-state index < -0.39 is 35.2 Å². The molecule has 0 heterocycles. The predicted molar refractivity (Wildman–Crippen MR) is 160 cm³/mol. The molecule has 3 rings (SSSR count). The van der Waals surface area contributed by atoms with Gasteiger partial charge in [-0.3, -0.25) is 9.59 Å². The lowest BCUT2D eigenvalue weighted by Gasteiger charge is -2.44. The molecule has 210 valence electrons. The number of anilines is 1. The molecule has 0 saturated heterocycles. The highest BCUT2D eigenvalue weighted by molar-refractivity contribution is 6.00. The van der Waals surface area contributed by atoms with Gasteiger partial charge in [-0.15, -0.1) is 6.42 Å². The Morgan fingerprint density at radius 3 is 2.15 bits per heavy atom. The third-order valence-corrected chi connectivity index (χ3v) is 6.78. The summed E-state index contributed by atoms with van der Waals surface area (Å²) < 4.78 is 5.36. The van der Waals surface area contributed by atoms with Crippen molar-refractivity contribution in [1.29, 1.82) is 0 Å². The number of carbonyl (C=O) groups is 3. The molecule has 0 spiro atoms. The number of fused-ring (bicyclic) bond motifs is 1. The molecule has 0 aromatic heterocycles. The molecule has 0 aliphatic rings. The van der Waals surface area contributed by atoms with Crippen LogP contribution in [0.1, 0.15) is 72.1 Å². The summed E-state index contributed by atoms with van der Waals surface area (Å²) in [7, 11) is 0. The first-order chi connectivity index (χ1) is 18.8. The number of hydrogen-bond acceptors (Lipinski definition) is 4. The Balaban J connectivity index is 2.04. The van der Waals surface area contributed by atoms with Crippen molar-refractivity contribution in [2.75, 3.05) is 5.32 Å². The second-order valence-electron chi connectivity index (χ2n) is 11.5. The summed E-state index contributed by atoms with van der Waals surface area (Å²) in [6.07, 6.45) is 5.41. The van der Waals surface area contributed by atoms with Crippen molar-refractivity contribution < 1.29 is 19.1 Å². The molecule has 0 aliphatic carbocycles. The molecule has 7 heteroatoms. The molecule has 0 aliphatic heterocycles. The molecule has 0 bridgehead atoms. The molecule has 2 N–H and O–H groups in total.